The predicted molar refractivity (Wildman–Crippen MR) is 71.6 cm³/mol. The van der Waals surface area contributed by atoms with Crippen molar-refractivity contribution in [2.24, 2.45) is 0 Å². The quantitative estimate of drug-likeness (QED) is 0.909. The largest absolute Gasteiger partial charge is 0.562 e. The highest BCUT2D eigenvalue weighted by molar-refractivity contribution is 7.92. The van der Waals surface area contributed by atoms with Gasteiger partial charge in [0.1, 0.15) is 0 Å². The number of quaternary nitrogens is 1. The Morgan fingerprint density at radius 3 is 2.56 bits per heavy atom. The monoisotopic (exact) mass is 309 g/mol. The fourth-order valence-electron chi connectivity index (χ4n) is 1.70. The first-order valence-electron chi connectivity index (χ1n) is 5.49. The van der Waals surface area contributed by atoms with E-state index < -0.39 is 10.2 Å². The summed E-state index contributed by atoms with van der Waals surface area (Å²) in [7, 11) is -3.68. The fraction of sp³-hybridized carbons (Fsp3) is 0.400. The molecule has 0 aliphatic carbocycles. The molecule has 0 amide bonds. The van der Waals surface area contributed by atoms with E-state index in [2.05, 4.69) is 10.0 Å². The molecule has 5 nitrogen and oxygen atoms in total. The average Bonchev–Trinajstić information content (AvgIpc) is 2.36. The molecular formula is C10H13Cl2N3O2S. The van der Waals surface area contributed by atoms with Gasteiger partial charge in [-0.15, -0.1) is 5.69 Å². The molecular weight excluding hydrogens is 297 g/mol. The van der Waals surface area contributed by atoms with Gasteiger partial charge >= 0.3 is 0 Å². The van der Waals surface area contributed by atoms with Gasteiger partial charge in [-0.05, 0) is 6.07 Å². The van der Waals surface area contributed by atoms with Crippen molar-refractivity contribution in [2.75, 3.05) is 26.2 Å². The number of halogens is 2. The molecule has 0 spiro atoms. The Kier molecular flexibility index (Phi) is 4.34. The second-order valence-corrected chi connectivity index (χ2v) is 6.29. The van der Waals surface area contributed by atoms with Crippen LogP contribution in [0.25, 0.3) is 4.72 Å². The highest BCUT2D eigenvalue weighted by Gasteiger charge is 2.19. The lowest BCUT2D eigenvalue weighted by Gasteiger charge is -2.33. The van der Waals surface area contributed by atoms with Crippen molar-refractivity contribution in [3.05, 3.63) is 33.0 Å². The van der Waals surface area contributed by atoms with Gasteiger partial charge in [-0.25, -0.2) is 12.7 Å². The second kappa shape index (κ2) is 5.63. The van der Waals surface area contributed by atoms with Crippen molar-refractivity contribution in [3.63, 3.8) is 0 Å². The van der Waals surface area contributed by atoms with Crippen LogP contribution in [0, 0.1) is 0 Å². The van der Waals surface area contributed by atoms with Crippen LogP contribution in [0.15, 0.2) is 18.2 Å². The summed E-state index contributed by atoms with van der Waals surface area (Å²) < 4.78 is 29.2. The summed E-state index contributed by atoms with van der Waals surface area (Å²) in [4.78, 5) is 0. The molecule has 8 heteroatoms. The standard InChI is InChI=1S/C10H12Cl2N3O2S/c11-8-2-1-3-9(10(8)12)14-18(16,17)15-6-4-13-5-7-15/h1-3,13H,4-7H2/q-1/p+1. The molecule has 1 fully saturated rings. The molecule has 1 heterocycles. The van der Waals surface area contributed by atoms with Gasteiger partial charge in [0.15, 0.2) is 10.2 Å². The van der Waals surface area contributed by atoms with Crippen LogP contribution in [0.4, 0.5) is 5.69 Å². The van der Waals surface area contributed by atoms with Crippen molar-refractivity contribution >= 4 is 39.1 Å². The van der Waals surface area contributed by atoms with Gasteiger partial charge in [-0.3, -0.25) is 0 Å². The van der Waals surface area contributed by atoms with Gasteiger partial charge in [0.2, 0.25) is 0 Å². The highest BCUT2D eigenvalue weighted by Crippen LogP contribution is 2.36. The first kappa shape index (κ1) is 13.9. The van der Waals surface area contributed by atoms with Gasteiger partial charge in [-0.1, -0.05) is 35.3 Å². The summed E-state index contributed by atoms with van der Waals surface area (Å²) in [6.45, 7) is 2.42. The zero-order valence-corrected chi connectivity index (χ0v) is 11.8. The number of rotatable bonds is 3. The van der Waals surface area contributed by atoms with E-state index in [1.54, 1.807) is 12.1 Å². The Morgan fingerprint density at radius 2 is 1.89 bits per heavy atom. The lowest BCUT2D eigenvalue weighted by molar-refractivity contribution is -0.661. The van der Waals surface area contributed by atoms with E-state index in [9.17, 15) is 8.42 Å². The lowest BCUT2D eigenvalue weighted by atomic mass is 10.3. The van der Waals surface area contributed by atoms with Crippen LogP contribution in [0.1, 0.15) is 0 Å². The Morgan fingerprint density at radius 1 is 1.22 bits per heavy atom. The molecule has 0 unspecified atom stereocenters. The Hall–Kier alpha value is -0.530. The number of nitrogens with zero attached hydrogens (tertiary/aromatic N) is 2. The van der Waals surface area contributed by atoms with Gasteiger partial charge in [0, 0.05) is 5.02 Å². The molecule has 0 aromatic heterocycles. The molecule has 1 aromatic rings. The Balaban J connectivity index is 2.19. The van der Waals surface area contributed by atoms with E-state index in [1.165, 1.54) is 10.4 Å². The van der Waals surface area contributed by atoms with Crippen molar-refractivity contribution in [1.29, 1.82) is 0 Å². The Bertz CT molecular complexity index is 530. The molecule has 1 aliphatic heterocycles. The van der Waals surface area contributed by atoms with Crippen LogP contribution >= 0.6 is 23.2 Å². The van der Waals surface area contributed by atoms with Crippen LogP contribution < -0.4 is 5.32 Å². The van der Waals surface area contributed by atoms with E-state index >= 15 is 0 Å². The summed E-state index contributed by atoms with van der Waals surface area (Å²) in [6, 6.07) is 4.74. The molecule has 1 saturated heterocycles. The van der Waals surface area contributed by atoms with Crippen molar-refractivity contribution in [3.8, 4) is 0 Å². The maximum Gasteiger partial charge on any atom is 0.160 e. The second-order valence-electron chi connectivity index (χ2n) is 3.91. The fourth-order valence-corrected chi connectivity index (χ4v) is 3.28. The lowest BCUT2D eigenvalue weighted by Crippen LogP contribution is -2.89. The summed E-state index contributed by atoms with van der Waals surface area (Å²) >= 11 is 11.7. The maximum absolute atomic E-state index is 12.1. The molecule has 100 valence electrons. The number of benzene rings is 1. The number of piperazine rings is 1. The van der Waals surface area contributed by atoms with E-state index in [4.69, 9.17) is 23.2 Å². The van der Waals surface area contributed by atoms with Crippen LogP contribution in [0.5, 0.6) is 0 Å². The highest BCUT2D eigenvalue weighted by atomic mass is 35.5. The molecule has 0 radical (unpaired) electrons. The third-order valence-electron chi connectivity index (χ3n) is 2.64. The van der Waals surface area contributed by atoms with Gasteiger partial charge < -0.3 is 10.0 Å². The Labute approximate surface area is 116 Å². The molecule has 0 bridgehead atoms. The first-order valence-corrected chi connectivity index (χ1v) is 7.65. The molecule has 18 heavy (non-hydrogen) atoms. The van der Waals surface area contributed by atoms with Gasteiger partial charge in [0.05, 0.1) is 31.2 Å². The molecule has 0 saturated carbocycles. The third-order valence-corrected chi connectivity index (χ3v) is 4.89. The van der Waals surface area contributed by atoms with E-state index in [0.29, 0.717) is 18.1 Å². The smallest absolute Gasteiger partial charge is 0.160 e. The minimum Gasteiger partial charge on any atom is -0.562 e. The number of hydrogen-bond acceptors (Lipinski definition) is 2. The van der Waals surface area contributed by atoms with E-state index in [0.717, 1.165) is 13.1 Å². The zero-order valence-electron chi connectivity index (χ0n) is 9.51. The normalized spacial score (nSPS) is 17.7. The van der Waals surface area contributed by atoms with Crippen LogP contribution in [-0.4, -0.2) is 38.9 Å². The molecule has 0 atom stereocenters. The predicted octanol–water partition coefficient (Wildman–Crippen LogP) is 1.12. The van der Waals surface area contributed by atoms with Crippen molar-refractivity contribution in [1.82, 2.24) is 4.31 Å². The van der Waals surface area contributed by atoms with E-state index in [-0.39, 0.29) is 10.7 Å². The molecule has 1 aliphatic rings. The first-order chi connectivity index (χ1) is 8.50. The third kappa shape index (κ3) is 3.07. The summed E-state index contributed by atoms with van der Waals surface area (Å²) in [5.74, 6) is 0. The number of hydrogen-bond donors (Lipinski definition) is 1. The maximum atomic E-state index is 12.1. The van der Waals surface area contributed by atoms with Crippen molar-refractivity contribution < 1.29 is 13.7 Å². The number of nitrogens with two attached hydrogens (primary N) is 1. The molecule has 1 aromatic carbocycles. The molecule has 2 N–H and O–H groups in total. The van der Waals surface area contributed by atoms with Gasteiger partial charge in [0.25, 0.3) is 0 Å². The topological polar surface area (TPSA) is 68.1 Å². The SMILES string of the molecule is O=S(=O)([N-]c1cccc(Cl)c1Cl)N1CC[NH2+]CC1. The van der Waals surface area contributed by atoms with E-state index in [1.807, 2.05) is 0 Å². The van der Waals surface area contributed by atoms with Crippen LogP contribution in [-0.2, 0) is 10.2 Å². The van der Waals surface area contributed by atoms with Crippen LogP contribution in [0.3, 0.4) is 0 Å². The average molecular weight is 310 g/mol. The van der Waals surface area contributed by atoms with Crippen molar-refractivity contribution in [2.45, 2.75) is 0 Å². The summed E-state index contributed by atoms with van der Waals surface area (Å²) in [5.41, 5.74) is 0.179. The van der Waals surface area contributed by atoms with Crippen LogP contribution in [0.2, 0.25) is 10.0 Å². The zero-order chi connectivity index (χ0) is 13.2. The minimum atomic E-state index is -3.68. The minimum absolute atomic E-state index is 0.159. The molecule has 2 rings (SSSR count). The summed E-state index contributed by atoms with van der Waals surface area (Å²) in [5, 5.41) is 2.52. The summed E-state index contributed by atoms with van der Waals surface area (Å²) in [6.07, 6.45) is 0. The van der Waals surface area contributed by atoms with Gasteiger partial charge in [-0.2, -0.15) is 0 Å².